The third-order valence-electron chi connectivity index (χ3n) is 4.78. The van der Waals surface area contributed by atoms with Crippen LogP contribution in [0.25, 0.3) is 11.3 Å². The lowest BCUT2D eigenvalue weighted by Gasteiger charge is -2.08. The summed E-state index contributed by atoms with van der Waals surface area (Å²) in [5.41, 5.74) is 3.99. The van der Waals surface area contributed by atoms with Crippen molar-refractivity contribution in [3.8, 4) is 17.0 Å². The number of rotatable bonds is 3. The van der Waals surface area contributed by atoms with Gasteiger partial charge >= 0.3 is 0 Å². The van der Waals surface area contributed by atoms with Crippen molar-refractivity contribution in [2.24, 2.45) is 0 Å². The number of amides is 2. The van der Waals surface area contributed by atoms with Gasteiger partial charge in [-0.15, -0.1) is 11.3 Å². The van der Waals surface area contributed by atoms with E-state index in [0.717, 1.165) is 22.4 Å². The molecule has 140 valence electrons. The summed E-state index contributed by atoms with van der Waals surface area (Å²) in [7, 11) is 0. The summed E-state index contributed by atoms with van der Waals surface area (Å²) < 4.78 is 19.7. The maximum atomic E-state index is 14.2. The van der Waals surface area contributed by atoms with Crippen LogP contribution in [0.5, 0.6) is 5.75 Å². The van der Waals surface area contributed by atoms with Gasteiger partial charge in [-0.3, -0.25) is 14.9 Å². The molecule has 3 heterocycles. The standard InChI is InChI=1S/C20H14FN3O3S/c21-13-3-1-10-5-6-27-18(10)17(13)19(26)24-20-23-15(9-28-20)11-2-4-14-12(7-11)8-16(25)22-14/h1-4,7,9H,5-6,8H2,(H,22,25)(H,23,24,26). The summed E-state index contributed by atoms with van der Waals surface area (Å²) in [4.78, 5) is 28.6. The number of benzene rings is 2. The first-order chi connectivity index (χ1) is 13.6. The number of fused-ring (bicyclic) bond motifs is 2. The average Bonchev–Trinajstić information content (AvgIpc) is 3.39. The van der Waals surface area contributed by atoms with Gasteiger partial charge in [0.15, 0.2) is 5.13 Å². The monoisotopic (exact) mass is 395 g/mol. The van der Waals surface area contributed by atoms with Gasteiger partial charge in [-0.05, 0) is 29.3 Å². The minimum Gasteiger partial charge on any atom is -0.492 e. The molecule has 0 atom stereocenters. The molecule has 0 radical (unpaired) electrons. The van der Waals surface area contributed by atoms with Gasteiger partial charge in [-0.1, -0.05) is 12.1 Å². The Morgan fingerprint density at radius 3 is 3.04 bits per heavy atom. The number of aromatic nitrogens is 1. The summed E-state index contributed by atoms with van der Waals surface area (Å²) in [5, 5.41) is 7.63. The normalized spacial score (nSPS) is 14.2. The Bertz CT molecular complexity index is 1140. The van der Waals surface area contributed by atoms with Crippen molar-refractivity contribution in [1.29, 1.82) is 0 Å². The number of anilines is 2. The van der Waals surface area contributed by atoms with E-state index < -0.39 is 11.7 Å². The molecule has 0 saturated heterocycles. The molecule has 2 aromatic carbocycles. The molecule has 2 aliphatic rings. The van der Waals surface area contributed by atoms with Crippen molar-refractivity contribution in [3.05, 3.63) is 58.2 Å². The van der Waals surface area contributed by atoms with Crippen LogP contribution in [0.3, 0.4) is 0 Å². The highest BCUT2D eigenvalue weighted by Crippen LogP contribution is 2.34. The van der Waals surface area contributed by atoms with Gasteiger partial charge in [0.05, 0.1) is 18.7 Å². The number of nitrogens with zero attached hydrogens (tertiary/aromatic N) is 1. The molecule has 0 unspecified atom stereocenters. The lowest BCUT2D eigenvalue weighted by Crippen LogP contribution is -2.15. The lowest BCUT2D eigenvalue weighted by atomic mass is 10.1. The van der Waals surface area contributed by atoms with Crippen LogP contribution in [0.2, 0.25) is 0 Å². The topological polar surface area (TPSA) is 80.3 Å². The number of halogens is 1. The molecule has 3 aromatic rings. The summed E-state index contributed by atoms with van der Waals surface area (Å²) >= 11 is 1.25. The SMILES string of the molecule is O=C1Cc2cc(-c3csc(NC(=O)c4c(F)ccc5c4OCC5)n3)ccc2N1. The lowest BCUT2D eigenvalue weighted by molar-refractivity contribution is -0.115. The van der Waals surface area contributed by atoms with Crippen molar-refractivity contribution >= 4 is 34.0 Å². The van der Waals surface area contributed by atoms with E-state index >= 15 is 0 Å². The van der Waals surface area contributed by atoms with Gasteiger partial charge in [0.25, 0.3) is 5.91 Å². The number of carbonyl (C=O) groups excluding carboxylic acids is 2. The van der Waals surface area contributed by atoms with Crippen LogP contribution in [0.1, 0.15) is 21.5 Å². The minimum absolute atomic E-state index is 0.0296. The van der Waals surface area contributed by atoms with Crippen molar-refractivity contribution in [1.82, 2.24) is 4.98 Å². The van der Waals surface area contributed by atoms with Crippen LogP contribution in [0.4, 0.5) is 15.2 Å². The molecular formula is C20H14FN3O3S. The first kappa shape index (κ1) is 16.9. The Labute approximate surface area is 163 Å². The van der Waals surface area contributed by atoms with E-state index in [1.165, 1.54) is 17.4 Å². The predicted molar refractivity (Wildman–Crippen MR) is 103 cm³/mol. The van der Waals surface area contributed by atoms with E-state index in [1.807, 2.05) is 23.6 Å². The van der Waals surface area contributed by atoms with E-state index in [1.54, 1.807) is 6.07 Å². The second-order valence-corrected chi connectivity index (χ2v) is 7.46. The second kappa shape index (κ2) is 6.42. The average molecular weight is 395 g/mol. The first-order valence-corrected chi connectivity index (χ1v) is 9.60. The van der Waals surface area contributed by atoms with Gasteiger partial charge in [0.1, 0.15) is 17.1 Å². The molecule has 0 bridgehead atoms. The van der Waals surface area contributed by atoms with E-state index in [4.69, 9.17) is 4.74 Å². The van der Waals surface area contributed by atoms with Crippen LogP contribution in [0.15, 0.2) is 35.7 Å². The van der Waals surface area contributed by atoms with Crippen molar-refractivity contribution in [2.45, 2.75) is 12.8 Å². The number of thiazole rings is 1. The van der Waals surface area contributed by atoms with E-state index in [-0.39, 0.29) is 11.5 Å². The zero-order valence-corrected chi connectivity index (χ0v) is 15.4. The van der Waals surface area contributed by atoms with Gasteiger partial charge in [-0.2, -0.15) is 0 Å². The molecule has 28 heavy (non-hydrogen) atoms. The van der Waals surface area contributed by atoms with Crippen molar-refractivity contribution in [3.63, 3.8) is 0 Å². The van der Waals surface area contributed by atoms with Crippen LogP contribution < -0.4 is 15.4 Å². The first-order valence-electron chi connectivity index (χ1n) is 8.73. The largest absolute Gasteiger partial charge is 0.492 e. The maximum Gasteiger partial charge on any atom is 0.264 e. The number of hydrogen-bond acceptors (Lipinski definition) is 5. The van der Waals surface area contributed by atoms with E-state index in [2.05, 4.69) is 15.6 Å². The van der Waals surface area contributed by atoms with Crippen molar-refractivity contribution in [2.75, 3.05) is 17.2 Å². The zero-order valence-electron chi connectivity index (χ0n) is 14.5. The second-order valence-electron chi connectivity index (χ2n) is 6.60. The zero-order chi connectivity index (χ0) is 19.3. The molecule has 1 aromatic heterocycles. The third-order valence-corrected chi connectivity index (χ3v) is 5.54. The number of carbonyl (C=O) groups is 2. The fourth-order valence-electron chi connectivity index (χ4n) is 3.45. The fourth-order valence-corrected chi connectivity index (χ4v) is 4.16. The van der Waals surface area contributed by atoms with Gasteiger partial charge in [0, 0.05) is 23.1 Å². The van der Waals surface area contributed by atoms with Crippen LogP contribution in [-0.2, 0) is 17.6 Å². The van der Waals surface area contributed by atoms with Gasteiger partial charge < -0.3 is 10.1 Å². The summed E-state index contributed by atoms with van der Waals surface area (Å²) in [6.45, 7) is 0.441. The molecule has 5 rings (SSSR count). The van der Waals surface area contributed by atoms with Gasteiger partial charge in [0.2, 0.25) is 5.91 Å². The smallest absolute Gasteiger partial charge is 0.264 e. The number of ether oxygens (including phenoxy) is 1. The van der Waals surface area contributed by atoms with Crippen molar-refractivity contribution < 1.29 is 18.7 Å². The Morgan fingerprint density at radius 2 is 2.14 bits per heavy atom. The molecule has 2 N–H and O–H groups in total. The Balaban J connectivity index is 1.40. The minimum atomic E-state index is -0.620. The molecule has 8 heteroatoms. The van der Waals surface area contributed by atoms with Crippen LogP contribution in [-0.4, -0.2) is 23.4 Å². The van der Waals surface area contributed by atoms with Crippen LogP contribution in [0, 0.1) is 5.82 Å². The number of hydrogen-bond donors (Lipinski definition) is 2. The Hall–Kier alpha value is -3.26. The highest BCUT2D eigenvalue weighted by Gasteiger charge is 2.25. The van der Waals surface area contributed by atoms with Crippen LogP contribution >= 0.6 is 11.3 Å². The number of nitrogens with one attached hydrogen (secondary N) is 2. The maximum absolute atomic E-state index is 14.2. The molecule has 6 nitrogen and oxygen atoms in total. The Morgan fingerprint density at radius 1 is 1.25 bits per heavy atom. The molecule has 0 aliphatic carbocycles. The Kier molecular flexibility index (Phi) is 3.87. The molecular weight excluding hydrogens is 381 g/mol. The summed E-state index contributed by atoms with van der Waals surface area (Å²) in [5.74, 6) is -0.922. The summed E-state index contributed by atoms with van der Waals surface area (Å²) in [6.07, 6.45) is 1.00. The molecule has 2 aliphatic heterocycles. The van der Waals surface area contributed by atoms with E-state index in [0.29, 0.717) is 36.0 Å². The van der Waals surface area contributed by atoms with E-state index in [9.17, 15) is 14.0 Å². The molecule has 0 spiro atoms. The molecule has 0 fully saturated rings. The predicted octanol–water partition coefficient (Wildman–Crippen LogP) is 3.63. The summed E-state index contributed by atoms with van der Waals surface area (Å²) in [6, 6.07) is 8.54. The highest BCUT2D eigenvalue weighted by atomic mass is 32.1. The fraction of sp³-hybridized carbons (Fsp3) is 0.150. The molecule has 2 amide bonds. The highest BCUT2D eigenvalue weighted by molar-refractivity contribution is 7.14. The molecule has 0 saturated carbocycles. The third kappa shape index (κ3) is 2.82. The quantitative estimate of drug-likeness (QED) is 0.710. The van der Waals surface area contributed by atoms with Gasteiger partial charge in [-0.25, -0.2) is 9.37 Å².